The molecular weight excluding hydrogens is 628 g/mol. The fourth-order valence-corrected chi connectivity index (χ4v) is 5.77. The van der Waals surface area contributed by atoms with Crippen LogP contribution in [-0.4, -0.2) is 92.0 Å². The highest BCUT2D eigenvalue weighted by atomic mass is 16.5. The van der Waals surface area contributed by atoms with E-state index < -0.39 is 41.8 Å². The summed E-state index contributed by atoms with van der Waals surface area (Å²) in [6, 6.07) is 10.7. The van der Waals surface area contributed by atoms with Crippen LogP contribution >= 0.6 is 0 Å². The molecule has 2 aliphatic heterocycles. The number of methoxy groups -OCH3 is 1. The molecule has 1 fully saturated rings. The van der Waals surface area contributed by atoms with Crippen LogP contribution in [0.3, 0.4) is 0 Å². The predicted octanol–water partition coefficient (Wildman–Crippen LogP) is 1.08. The molecule has 0 radical (unpaired) electrons. The summed E-state index contributed by atoms with van der Waals surface area (Å²) in [5, 5.41) is 11.3. The minimum absolute atomic E-state index is 0.0947. The summed E-state index contributed by atoms with van der Waals surface area (Å²) in [7, 11) is 1.55. The first kappa shape index (κ1) is 37.2. The van der Waals surface area contributed by atoms with E-state index in [2.05, 4.69) is 35.1 Å². The summed E-state index contributed by atoms with van der Waals surface area (Å²) in [5.41, 5.74) is 7.03. The molecular formula is C36H50N6O7. The topological polar surface area (TPSA) is 181 Å². The maximum absolute atomic E-state index is 13.8. The molecule has 0 unspecified atom stereocenters. The number of nitrogens with one attached hydrogen (secondary N) is 4. The van der Waals surface area contributed by atoms with E-state index in [0.717, 1.165) is 24.0 Å². The van der Waals surface area contributed by atoms with Gasteiger partial charge in [-0.3, -0.25) is 24.0 Å². The summed E-state index contributed by atoms with van der Waals surface area (Å²) in [6.07, 6.45) is 2.81. The number of fused-ring (bicyclic) bond motifs is 17. The molecule has 0 aromatic heterocycles. The van der Waals surface area contributed by atoms with Crippen molar-refractivity contribution < 1.29 is 33.4 Å². The lowest BCUT2D eigenvalue weighted by molar-refractivity contribution is -0.140. The van der Waals surface area contributed by atoms with Crippen molar-refractivity contribution in [3.63, 3.8) is 0 Å². The molecule has 13 heteroatoms. The van der Waals surface area contributed by atoms with E-state index in [9.17, 15) is 24.0 Å². The zero-order valence-corrected chi connectivity index (χ0v) is 28.8. The number of nitrogens with two attached hydrogens (primary N) is 1. The standard InChI is InChI=1S/C36H50N6O7/c1-22(2)15-27-21-49-29-13-9-25(10-14-29)16-30(40-32(43)18-37)35(46)41-31(17-24-7-11-28(48-4)12-8-24)34(45)38-23(3)36(47)42(19-26-5-6-26)20-33(44)39-27/h7-14,22-23,26-27,30-31H,5-6,15-21,37H2,1-4H3,(H,38,45)(H,39,44)(H,40,43)(H,41,46)/t23-,27+,30+,31+/m1/s1. The number of rotatable bonds is 9. The quantitative estimate of drug-likeness (QED) is 0.244. The first-order chi connectivity index (χ1) is 23.4. The van der Waals surface area contributed by atoms with Gasteiger partial charge in [-0.2, -0.15) is 0 Å². The van der Waals surface area contributed by atoms with Crippen molar-refractivity contribution in [3.05, 3.63) is 59.7 Å². The molecule has 3 aliphatic rings. The fraction of sp³-hybridized carbons (Fsp3) is 0.528. The second-order valence-electron chi connectivity index (χ2n) is 13.4. The summed E-state index contributed by atoms with van der Waals surface area (Å²) >= 11 is 0. The second-order valence-corrected chi connectivity index (χ2v) is 13.4. The highest BCUT2D eigenvalue weighted by Crippen LogP contribution is 2.30. The van der Waals surface area contributed by atoms with Crippen molar-refractivity contribution in [3.8, 4) is 11.5 Å². The van der Waals surface area contributed by atoms with Crippen LogP contribution < -0.4 is 36.5 Å². The normalized spacial score (nSPS) is 22.9. The zero-order chi connectivity index (χ0) is 35.5. The van der Waals surface area contributed by atoms with Crippen molar-refractivity contribution in [1.82, 2.24) is 26.2 Å². The Balaban J connectivity index is 1.66. The number of hydrogen-bond donors (Lipinski definition) is 5. The molecule has 2 aromatic carbocycles. The lowest BCUT2D eigenvalue weighted by atomic mass is 10.0. The molecule has 266 valence electrons. The van der Waals surface area contributed by atoms with E-state index in [1.807, 2.05) is 0 Å². The molecule has 0 spiro atoms. The van der Waals surface area contributed by atoms with Crippen LogP contribution in [0.4, 0.5) is 0 Å². The van der Waals surface area contributed by atoms with Gasteiger partial charge in [-0.25, -0.2) is 0 Å². The molecule has 0 saturated heterocycles. The minimum atomic E-state index is -1.10. The Bertz CT molecular complexity index is 1440. The Morgan fingerprint density at radius 3 is 2.31 bits per heavy atom. The monoisotopic (exact) mass is 678 g/mol. The molecule has 13 nitrogen and oxygen atoms in total. The van der Waals surface area contributed by atoms with Crippen molar-refractivity contribution in [2.45, 2.75) is 77.0 Å². The smallest absolute Gasteiger partial charge is 0.245 e. The van der Waals surface area contributed by atoms with Crippen molar-refractivity contribution >= 4 is 29.5 Å². The van der Waals surface area contributed by atoms with Crippen LogP contribution in [0.1, 0.15) is 51.2 Å². The number of nitrogens with zero attached hydrogens (tertiary/aromatic N) is 1. The van der Waals surface area contributed by atoms with Gasteiger partial charge in [0, 0.05) is 19.4 Å². The van der Waals surface area contributed by atoms with Gasteiger partial charge in [-0.15, -0.1) is 0 Å². The van der Waals surface area contributed by atoms with Gasteiger partial charge in [-0.05, 0) is 73.4 Å². The average molecular weight is 679 g/mol. The molecule has 2 heterocycles. The number of carbonyl (C=O) groups is 5. The SMILES string of the molecule is COc1ccc(C[C@@H]2NC(=O)[C@@H](NC(=O)CN)Cc3ccc(cc3)OC[C@H](CC(C)C)NC(=O)CN(CC3CC3)C(=O)[C@@H](C)NC2=O)cc1. The average Bonchev–Trinajstić information content (AvgIpc) is 3.90. The van der Waals surface area contributed by atoms with Crippen LogP contribution in [0.5, 0.6) is 11.5 Å². The lowest BCUT2D eigenvalue weighted by Gasteiger charge is -2.29. The molecule has 6 N–H and O–H groups in total. The molecule has 4 atom stereocenters. The van der Waals surface area contributed by atoms with E-state index >= 15 is 0 Å². The van der Waals surface area contributed by atoms with Gasteiger partial charge in [0.05, 0.1) is 26.2 Å². The largest absolute Gasteiger partial charge is 0.497 e. The summed E-state index contributed by atoms with van der Waals surface area (Å²) in [5.74, 6) is -0.632. The molecule has 2 aromatic rings. The highest BCUT2D eigenvalue weighted by molar-refractivity contribution is 5.95. The van der Waals surface area contributed by atoms with Crippen LogP contribution in [0.25, 0.3) is 0 Å². The Hall–Kier alpha value is -4.65. The molecule has 5 amide bonds. The van der Waals surface area contributed by atoms with Gasteiger partial charge in [0.15, 0.2) is 0 Å². The van der Waals surface area contributed by atoms with E-state index in [0.29, 0.717) is 30.4 Å². The summed E-state index contributed by atoms with van der Waals surface area (Å²) < 4.78 is 11.3. The maximum Gasteiger partial charge on any atom is 0.245 e. The Morgan fingerprint density at radius 1 is 1.00 bits per heavy atom. The van der Waals surface area contributed by atoms with Crippen LogP contribution in [0, 0.1) is 11.8 Å². The number of hydrogen-bond acceptors (Lipinski definition) is 8. The van der Waals surface area contributed by atoms with Crippen LogP contribution in [-0.2, 0) is 36.8 Å². The Morgan fingerprint density at radius 2 is 1.69 bits per heavy atom. The number of amides is 5. The third-order valence-electron chi connectivity index (χ3n) is 8.56. The molecule has 1 saturated carbocycles. The van der Waals surface area contributed by atoms with E-state index in [1.165, 1.54) is 4.90 Å². The van der Waals surface area contributed by atoms with Gasteiger partial charge in [0.1, 0.15) is 36.2 Å². The van der Waals surface area contributed by atoms with Crippen molar-refractivity contribution in [2.75, 3.05) is 33.4 Å². The van der Waals surface area contributed by atoms with Gasteiger partial charge in [0.2, 0.25) is 29.5 Å². The minimum Gasteiger partial charge on any atom is -0.497 e. The molecule has 49 heavy (non-hydrogen) atoms. The molecule has 1 aliphatic carbocycles. The molecule has 2 bridgehead atoms. The highest BCUT2D eigenvalue weighted by Gasteiger charge is 2.33. The van der Waals surface area contributed by atoms with E-state index in [-0.39, 0.29) is 50.4 Å². The van der Waals surface area contributed by atoms with Crippen LogP contribution in [0.2, 0.25) is 0 Å². The van der Waals surface area contributed by atoms with E-state index in [4.69, 9.17) is 15.2 Å². The summed E-state index contributed by atoms with van der Waals surface area (Å²) in [4.78, 5) is 68.6. The summed E-state index contributed by atoms with van der Waals surface area (Å²) in [6.45, 7) is 5.83. The Kier molecular flexibility index (Phi) is 13.4. The number of ether oxygens (including phenoxy) is 2. The van der Waals surface area contributed by atoms with Gasteiger partial charge in [-0.1, -0.05) is 38.1 Å². The Labute approximate surface area is 288 Å². The van der Waals surface area contributed by atoms with Gasteiger partial charge in [0.25, 0.3) is 0 Å². The van der Waals surface area contributed by atoms with Crippen molar-refractivity contribution in [1.29, 1.82) is 0 Å². The zero-order valence-electron chi connectivity index (χ0n) is 28.8. The fourth-order valence-electron chi connectivity index (χ4n) is 5.77. The van der Waals surface area contributed by atoms with Crippen molar-refractivity contribution in [2.24, 2.45) is 17.6 Å². The number of benzene rings is 2. The lowest BCUT2D eigenvalue weighted by Crippen LogP contribution is -2.58. The second kappa shape index (κ2) is 17.7. The van der Waals surface area contributed by atoms with Gasteiger partial charge >= 0.3 is 0 Å². The van der Waals surface area contributed by atoms with E-state index in [1.54, 1.807) is 62.6 Å². The molecule has 5 rings (SSSR count). The van der Waals surface area contributed by atoms with Gasteiger partial charge < -0.3 is 41.4 Å². The van der Waals surface area contributed by atoms with Crippen LogP contribution in [0.15, 0.2) is 48.5 Å². The third kappa shape index (κ3) is 11.8. The predicted molar refractivity (Wildman–Crippen MR) is 184 cm³/mol. The first-order valence-electron chi connectivity index (χ1n) is 17.0. The number of carbonyl (C=O) groups excluding carboxylic acids is 5. The maximum atomic E-state index is 13.8. The third-order valence-corrected chi connectivity index (χ3v) is 8.56. The first-order valence-corrected chi connectivity index (χ1v) is 17.0.